The Balaban J connectivity index is 1.62. The van der Waals surface area contributed by atoms with Crippen LogP contribution in [0.1, 0.15) is 13.3 Å². The van der Waals surface area contributed by atoms with Crippen molar-refractivity contribution < 1.29 is 9.53 Å². The number of hydrogen-bond acceptors (Lipinski definition) is 6. The normalized spacial score (nSPS) is 14.3. The van der Waals surface area contributed by atoms with Gasteiger partial charge in [-0.25, -0.2) is 4.68 Å². The molecule has 3 rings (SSSR count). The molecule has 1 fully saturated rings. The maximum atomic E-state index is 12.0. The number of esters is 1. The highest BCUT2D eigenvalue weighted by molar-refractivity contribution is 5.69. The summed E-state index contributed by atoms with van der Waals surface area (Å²) in [7, 11) is 0. The van der Waals surface area contributed by atoms with Crippen LogP contribution < -0.4 is 15.4 Å². The number of benzene rings is 1. The van der Waals surface area contributed by atoms with Crippen molar-refractivity contribution in [3.05, 3.63) is 52.8 Å². The molecule has 0 radical (unpaired) electrons. The van der Waals surface area contributed by atoms with Crippen molar-refractivity contribution in [2.45, 2.75) is 19.9 Å². The van der Waals surface area contributed by atoms with Crippen LogP contribution >= 0.6 is 0 Å². The zero-order chi connectivity index (χ0) is 18.4. The van der Waals surface area contributed by atoms with E-state index in [4.69, 9.17) is 4.74 Å². The van der Waals surface area contributed by atoms with Gasteiger partial charge in [-0.05, 0) is 25.1 Å². The molecular weight excluding hydrogens is 332 g/mol. The third-order valence-corrected chi connectivity index (χ3v) is 4.41. The summed E-state index contributed by atoms with van der Waals surface area (Å²) in [4.78, 5) is 28.0. The van der Waals surface area contributed by atoms with E-state index in [2.05, 4.69) is 27.0 Å². The van der Waals surface area contributed by atoms with Gasteiger partial charge in [0.25, 0.3) is 5.56 Å². The van der Waals surface area contributed by atoms with Crippen LogP contribution in [0.4, 0.5) is 11.5 Å². The predicted octanol–water partition coefficient (Wildman–Crippen LogP) is 1.52. The van der Waals surface area contributed by atoms with Crippen LogP contribution in [0.2, 0.25) is 0 Å². The molecule has 1 saturated heterocycles. The van der Waals surface area contributed by atoms with Crippen molar-refractivity contribution >= 4 is 17.5 Å². The molecule has 2 heterocycles. The van der Waals surface area contributed by atoms with Crippen molar-refractivity contribution in [3.8, 4) is 0 Å². The molecular formula is C19H24N4O3. The van der Waals surface area contributed by atoms with Gasteiger partial charge in [0.15, 0.2) is 0 Å². The number of para-hydroxylation sites is 1. The molecule has 138 valence electrons. The Morgan fingerprint density at radius 2 is 1.73 bits per heavy atom. The van der Waals surface area contributed by atoms with Gasteiger partial charge < -0.3 is 14.5 Å². The molecule has 1 aromatic carbocycles. The number of hydrogen-bond donors (Lipinski definition) is 0. The van der Waals surface area contributed by atoms with Crippen molar-refractivity contribution in [1.82, 2.24) is 9.78 Å². The third-order valence-electron chi connectivity index (χ3n) is 4.41. The smallest absolute Gasteiger partial charge is 0.307 e. The number of rotatable bonds is 6. The molecule has 0 aliphatic carbocycles. The van der Waals surface area contributed by atoms with Gasteiger partial charge in [-0.3, -0.25) is 9.59 Å². The van der Waals surface area contributed by atoms with Crippen LogP contribution in [0, 0.1) is 0 Å². The molecule has 0 N–H and O–H groups in total. The van der Waals surface area contributed by atoms with Crippen molar-refractivity contribution in [1.29, 1.82) is 0 Å². The summed E-state index contributed by atoms with van der Waals surface area (Å²) in [5.41, 5.74) is 1.01. The minimum Gasteiger partial charge on any atom is -0.466 e. The molecule has 1 aromatic heterocycles. The Labute approximate surface area is 152 Å². The first-order chi connectivity index (χ1) is 12.7. The SMILES string of the molecule is CCOC(=O)CCn1nc(N2CCN(c3ccccc3)CC2)ccc1=O. The van der Waals surface area contributed by atoms with Gasteiger partial charge in [0.1, 0.15) is 5.82 Å². The monoisotopic (exact) mass is 356 g/mol. The van der Waals surface area contributed by atoms with Crippen LogP contribution in [0.15, 0.2) is 47.3 Å². The summed E-state index contributed by atoms with van der Waals surface area (Å²) in [6.07, 6.45) is 0.145. The molecule has 1 aliphatic rings. The molecule has 0 amide bonds. The van der Waals surface area contributed by atoms with E-state index in [9.17, 15) is 9.59 Å². The number of carbonyl (C=O) groups is 1. The zero-order valence-corrected chi connectivity index (χ0v) is 15.0. The number of piperazine rings is 1. The van der Waals surface area contributed by atoms with Crippen molar-refractivity contribution in [2.24, 2.45) is 0 Å². The number of carbonyl (C=O) groups excluding carboxylic acids is 1. The molecule has 0 unspecified atom stereocenters. The highest BCUT2D eigenvalue weighted by atomic mass is 16.5. The molecule has 7 heteroatoms. The molecule has 26 heavy (non-hydrogen) atoms. The van der Waals surface area contributed by atoms with Crippen molar-refractivity contribution in [3.63, 3.8) is 0 Å². The molecule has 0 spiro atoms. The minimum absolute atomic E-state index is 0.145. The highest BCUT2D eigenvalue weighted by Gasteiger charge is 2.19. The third kappa shape index (κ3) is 4.41. The van der Waals surface area contributed by atoms with Crippen LogP contribution in [0.25, 0.3) is 0 Å². The van der Waals surface area contributed by atoms with E-state index in [1.807, 2.05) is 18.2 Å². The second-order valence-corrected chi connectivity index (χ2v) is 6.12. The maximum Gasteiger partial charge on any atom is 0.307 e. The van der Waals surface area contributed by atoms with Gasteiger partial charge in [0.05, 0.1) is 19.6 Å². The lowest BCUT2D eigenvalue weighted by Crippen LogP contribution is -2.47. The maximum absolute atomic E-state index is 12.0. The Kier molecular flexibility index (Phi) is 5.88. The fraction of sp³-hybridized carbons (Fsp3) is 0.421. The van der Waals surface area contributed by atoms with Gasteiger partial charge in [-0.2, -0.15) is 5.10 Å². The summed E-state index contributed by atoms with van der Waals surface area (Å²) in [5, 5.41) is 4.43. The summed E-state index contributed by atoms with van der Waals surface area (Å²) >= 11 is 0. The highest BCUT2D eigenvalue weighted by Crippen LogP contribution is 2.18. The van der Waals surface area contributed by atoms with Gasteiger partial charge in [0, 0.05) is 37.9 Å². The van der Waals surface area contributed by atoms with Gasteiger partial charge in [-0.1, -0.05) is 18.2 Å². The standard InChI is InChI=1S/C19H24N4O3/c1-2-26-19(25)10-11-23-18(24)9-8-17(20-23)22-14-12-21(13-15-22)16-6-4-3-5-7-16/h3-9H,2,10-15H2,1H3. The summed E-state index contributed by atoms with van der Waals surface area (Å²) < 4.78 is 6.25. The quantitative estimate of drug-likeness (QED) is 0.731. The first-order valence-electron chi connectivity index (χ1n) is 8.96. The average molecular weight is 356 g/mol. The lowest BCUT2D eigenvalue weighted by Gasteiger charge is -2.36. The van der Waals surface area contributed by atoms with Gasteiger partial charge in [0.2, 0.25) is 0 Å². The van der Waals surface area contributed by atoms with E-state index in [1.54, 1.807) is 13.0 Å². The summed E-state index contributed by atoms with van der Waals surface area (Å²) in [6.45, 7) is 5.79. The van der Waals surface area contributed by atoms with E-state index >= 15 is 0 Å². The molecule has 0 bridgehead atoms. The minimum atomic E-state index is -0.317. The van der Waals surface area contributed by atoms with E-state index in [0.29, 0.717) is 6.61 Å². The topological polar surface area (TPSA) is 67.7 Å². The summed E-state index contributed by atoms with van der Waals surface area (Å²) in [5.74, 6) is 0.448. The number of ether oxygens (including phenoxy) is 1. The lowest BCUT2D eigenvalue weighted by atomic mass is 10.2. The second kappa shape index (κ2) is 8.51. The van der Waals surface area contributed by atoms with E-state index in [-0.39, 0.29) is 24.5 Å². The largest absolute Gasteiger partial charge is 0.466 e. The number of aryl methyl sites for hydroxylation is 1. The van der Waals surface area contributed by atoms with Crippen molar-refractivity contribution in [2.75, 3.05) is 42.6 Å². The first-order valence-corrected chi connectivity index (χ1v) is 8.96. The Bertz CT molecular complexity index is 783. The summed E-state index contributed by atoms with van der Waals surface area (Å²) in [6, 6.07) is 13.6. The van der Waals surface area contributed by atoms with E-state index in [1.165, 1.54) is 16.4 Å². The molecule has 0 saturated carbocycles. The fourth-order valence-electron chi connectivity index (χ4n) is 3.03. The zero-order valence-electron chi connectivity index (χ0n) is 15.0. The van der Waals surface area contributed by atoms with E-state index < -0.39 is 0 Å². The predicted molar refractivity (Wildman–Crippen MR) is 101 cm³/mol. The van der Waals surface area contributed by atoms with Crippen LogP contribution in [-0.2, 0) is 16.1 Å². The van der Waals surface area contributed by atoms with Gasteiger partial charge in [-0.15, -0.1) is 0 Å². The first kappa shape index (κ1) is 18.0. The molecule has 2 aromatic rings. The fourth-order valence-corrected chi connectivity index (χ4v) is 3.03. The number of aromatic nitrogens is 2. The average Bonchev–Trinajstić information content (AvgIpc) is 2.68. The molecule has 7 nitrogen and oxygen atoms in total. The van der Waals surface area contributed by atoms with Crippen LogP contribution in [0.5, 0.6) is 0 Å². The Morgan fingerprint density at radius 3 is 2.42 bits per heavy atom. The van der Waals surface area contributed by atoms with Crippen LogP contribution in [0.3, 0.4) is 0 Å². The Morgan fingerprint density at radius 1 is 1.04 bits per heavy atom. The number of anilines is 2. The second-order valence-electron chi connectivity index (χ2n) is 6.12. The van der Waals surface area contributed by atoms with Gasteiger partial charge >= 0.3 is 5.97 Å². The molecule has 1 aliphatic heterocycles. The number of nitrogens with zero attached hydrogens (tertiary/aromatic N) is 4. The molecule has 0 atom stereocenters. The van der Waals surface area contributed by atoms with Crippen LogP contribution in [-0.4, -0.2) is 48.5 Å². The Hall–Kier alpha value is -2.83. The van der Waals surface area contributed by atoms with E-state index in [0.717, 1.165) is 32.0 Å². The lowest BCUT2D eigenvalue weighted by molar-refractivity contribution is -0.143.